The summed E-state index contributed by atoms with van der Waals surface area (Å²) in [6, 6.07) is 1.17. The maximum absolute atomic E-state index is 15.6. The monoisotopic (exact) mass is 555 g/mol. The highest BCUT2D eigenvalue weighted by Crippen LogP contribution is 2.44. The molecule has 4 aliphatic rings. The molecule has 2 aromatic rings. The van der Waals surface area contributed by atoms with Crippen molar-refractivity contribution in [3.05, 3.63) is 62.4 Å². The van der Waals surface area contributed by atoms with Crippen LogP contribution in [0, 0.1) is 5.82 Å². The van der Waals surface area contributed by atoms with Crippen LogP contribution in [0.3, 0.4) is 0 Å². The second-order valence-corrected chi connectivity index (χ2v) is 11.4. The summed E-state index contributed by atoms with van der Waals surface area (Å²) in [4.78, 5) is 51.1. The molecule has 1 fully saturated rings. The molecule has 3 aliphatic heterocycles. The number of hydrogen-bond acceptors (Lipinski definition) is 8. The number of hydroxylamine groups is 2. The van der Waals surface area contributed by atoms with Gasteiger partial charge in [-0.3, -0.25) is 14.7 Å². The van der Waals surface area contributed by atoms with Crippen molar-refractivity contribution in [2.75, 3.05) is 31.1 Å². The van der Waals surface area contributed by atoms with Crippen LogP contribution < -0.4 is 10.3 Å². The van der Waals surface area contributed by atoms with E-state index in [0.29, 0.717) is 31.7 Å². The van der Waals surface area contributed by atoms with Crippen LogP contribution in [0.2, 0.25) is 5.02 Å². The van der Waals surface area contributed by atoms with E-state index in [-0.39, 0.29) is 27.7 Å². The van der Waals surface area contributed by atoms with E-state index in [1.165, 1.54) is 22.5 Å². The van der Waals surface area contributed by atoms with Crippen LogP contribution in [-0.4, -0.2) is 64.7 Å². The Labute approximate surface area is 228 Å². The fraction of sp³-hybridized carbons (Fsp3) is 0.407. The van der Waals surface area contributed by atoms with Gasteiger partial charge >= 0.3 is 12.1 Å². The first-order chi connectivity index (χ1) is 18.5. The highest BCUT2D eigenvalue weighted by Gasteiger charge is 2.35. The van der Waals surface area contributed by atoms with Gasteiger partial charge in [0.05, 0.1) is 41.2 Å². The number of benzene rings is 1. The van der Waals surface area contributed by atoms with Gasteiger partial charge in [-0.2, -0.15) is 5.06 Å². The molecular weight excluding hydrogens is 529 g/mol. The molecule has 1 aromatic carbocycles. The summed E-state index contributed by atoms with van der Waals surface area (Å²) < 4.78 is 22.9. The quantitative estimate of drug-likeness (QED) is 0.552. The van der Waals surface area contributed by atoms with Gasteiger partial charge in [-0.15, -0.1) is 0 Å². The number of carbonyl (C=O) groups excluding carboxylic acids is 2. The maximum atomic E-state index is 15.6. The summed E-state index contributed by atoms with van der Waals surface area (Å²) in [5.41, 5.74) is 0.740. The van der Waals surface area contributed by atoms with Crippen molar-refractivity contribution in [1.29, 1.82) is 0 Å². The van der Waals surface area contributed by atoms with Crippen molar-refractivity contribution >= 4 is 46.6 Å². The number of hydrogen-bond donors (Lipinski definition) is 0. The third-order valence-corrected chi connectivity index (χ3v) is 7.19. The number of aliphatic imine (C=N–C) groups is 1. The van der Waals surface area contributed by atoms with Gasteiger partial charge in [0.15, 0.2) is 0 Å². The minimum Gasteiger partial charge on any atom is -0.443 e. The Morgan fingerprint density at radius 1 is 1.15 bits per heavy atom. The summed E-state index contributed by atoms with van der Waals surface area (Å²) in [6.45, 7) is 6.89. The average molecular weight is 556 g/mol. The summed E-state index contributed by atoms with van der Waals surface area (Å²) in [5, 5.41) is 1.36. The van der Waals surface area contributed by atoms with Crippen LogP contribution >= 0.6 is 11.6 Å². The van der Waals surface area contributed by atoms with Gasteiger partial charge in [-0.25, -0.2) is 14.0 Å². The van der Waals surface area contributed by atoms with E-state index in [4.69, 9.17) is 21.2 Å². The minimum atomic E-state index is -0.830. The smallest absolute Gasteiger partial charge is 0.414 e. The zero-order chi connectivity index (χ0) is 27.6. The number of rotatable bonds is 4. The molecular formula is C27H27ClFN5O5. The molecule has 1 aliphatic carbocycles. The first-order valence-corrected chi connectivity index (χ1v) is 13.1. The van der Waals surface area contributed by atoms with Crippen LogP contribution in [0.15, 0.2) is 45.6 Å². The summed E-state index contributed by atoms with van der Waals surface area (Å²) in [6.07, 6.45) is 7.55. The molecule has 0 bridgehead atoms. The lowest BCUT2D eigenvalue weighted by Gasteiger charge is -2.24. The Balaban J connectivity index is 1.34. The summed E-state index contributed by atoms with van der Waals surface area (Å²) in [5.74, 6) is -1.52. The topological polar surface area (TPSA) is 96.7 Å². The summed E-state index contributed by atoms with van der Waals surface area (Å²) >= 11 is 6.84. The van der Waals surface area contributed by atoms with Gasteiger partial charge in [0, 0.05) is 31.2 Å². The number of halogens is 2. The zero-order valence-electron chi connectivity index (χ0n) is 21.7. The molecule has 0 N–H and O–H groups in total. The van der Waals surface area contributed by atoms with Crippen LogP contribution in [0.5, 0.6) is 0 Å². The van der Waals surface area contributed by atoms with Crippen molar-refractivity contribution in [3.8, 4) is 0 Å². The van der Waals surface area contributed by atoms with Gasteiger partial charge in [-0.1, -0.05) is 11.6 Å². The first-order valence-electron chi connectivity index (χ1n) is 12.7. The van der Waals surface area contributed by atoms with E-state index in [2.05, 4.69) is 4.99 Å². The number of carbonyl (C=O) groups is 2. The fourth-order valence-electron chi connectivity index (χ4n) is 4.94. The van der Waals surface area contributed by atoms with Gasteiger partial charge in [-0.05, 0) is 50.8 Å². The number of nitrogens with zero attached hydrogens (tertiary/aromatic N) is 5. The third kappa shape index (κ3) is 4.64. The average Bonchev–Trinajstić information content (AvgIpc) is 3.21. The lowest BCUT2D eigenvalue weighted by Crippen LogP contribution is -2.33. The van der Waals surface area contributed by atoms with Crippen LogP contribution in [0.4, 0.5) is 14.9 Å². The van der Waals surface area contributed by atoms with E-state index in [9.17, 15) is 14.4 Å². The highest BCUT2D eigenvalue weighted by atomic mass is 35.5. The second-order valence-electron chi connectivity index (χ2n) is 11.0. The molecule has 1 aromatic heterocycles. The molecule has 0 radical (unpaired) electrons. The van der Waals surface area contributed by atoms with Crippen molar-refractivity contribution in [3.63, 3.8) is 0 Å². The van der Waals surface area contributed by atoms with Crippen molar-refractivity contribution in [2.24, 2.45) is 4.99 Å². The number of aromatic nitrogens is 1. The van der Waals surface area contributed by atoms with Crippen LogP contribution in [0.25, 0.3) is 10.9 Å². The molecule has 0 unspecified atom stereocenters. The van der Waals surface area contributed by atoms with Crippen LogP contribution in [-0.2, 0) is 9.57 Å². The van der Waals surface area contributed by atoms with Gasteiger partial charge in [0.2, 0.25) is 5.43 Å². The second kappa shape index (κ2) is 9.11. The molecule has 0 saturated heterocycles. The molecule has 204 valence electrons. The Morgan fingerprint density at radius 3 is 2.54 bits per heavy atom. The number of amides is 1. The standard InChI is InChI=1S/C27H27ClFN5O5/c1-27(2,3)38-26(37)32-11-15-9-31(10-16(15)12-32)23-20(29)8-18-22(21(23)28)34(17-4-5-17)13-19(24(18)35)25(36)39-33-7-6-30-14-33/h8-9,12-14,17H,4-7,10-11H2,1-3H3. The SMILES string of the molecule is CC(C)(C)OC(=O)N1C=C2CN(c3c(F)cc4c(=O)c(C(=O)ON5C=NCC5)cn(C5CC5)c4c3Cl)C=C2C1. The molecule has 0 atom stereocenters. The minimum absolute atomic E-state index is 0.0139. The summed E-state index contributed by atoms with van der Waals surface area (Å²) in [7, 11) is 0. The molecule has 1 amide bonds. The molecule has 39 heavy (non-hydrogen) atoms. The van der Waals surface area contributed by atoms with Gasteiger partial charge < -0.3 is 19.0 Å². The maximum Gasteiger partial charge on any atom is 0.414 e. The van der Waals surface area contributed by atoms with E-state index >= 15 is 4.39 Å². The fourth-order valence-corrected chi connectivity index (χ4v) is 5.33. The normalized spacial score (nSPS) is 18.5. The molecule has 0 spiro atoms. The van der Waals surface area contributed by atoms with Crippen molar-refractivity contribution in [1.82, 2.24) is 14.5 Å². The predicted octanol–water partition coefficient (Wildman–Crippen LogP) is 4.38. The Morgan fingerprint density at radius 2 is 1.90 bits per heavy atom. The first kappa shape index (κ1) is 25.4. The lowest BCUT2D eigenvalue weighted by molar-refractivity contribution is -0.0456. The lowest BCUT2D eigenvalue weighted by atomic mass is 10.1. The molecule has 6 rings (SSSR count). The highest BCUT2D eigenvalue weighted by molar-refractivity contribution is 6.38. The largest absolute Gasteiger partial charge is 0.443 e. The van der Waals surface area contributed by atoms with Gasteiger partial charge in [0.1, 0.15) is 23.3 Å². The number of anilines is 1. The van der Waals surface area contributed by atoms with Crippen molar-refractivity contribution < 1.29 is 23.6 Å². The molecule has 12 heteroatoms. The Bertz CT molecular complexity index is 1570. The van der Waals surface area contributed by atoms with E-state index in [1.54, 1.807) is 42.6 Å². The predicted molar refractivity (Wildman–Crippen MR) is 143 cm³/mol. The number of ether oxygens (including phenoxy) is 1. The number of fused-ring (bicyclic) bond motifs is 2. The third-order valence-electron chi connectivity index (χ3n) is 6.84. The van der Waals surface area contributed by atoms with Crippen LogP contribution in [0.1, 0.15) is 50.0 Å². The zero-order valence-corrected chi connectivity index (χ0v) is 22.5. The molecule has 1 saturated carbocycles. The van der Waals surface area contributed by atoms with Gasteiger partial charge in [0.25, 0.3) is 0 Å². The Kier molecular flexibility index (Phi) is 5.94. The Hall–Kier alpha value is -3.86. The van der Waals surface area contributed by atoms with E-state index in [1.807, 2.05) is 0 Å². The van der Waals surface area contributed by atoms with Crippen molar-refractivity contribution in [2.45, 2.75) is 45.3 Å². The molecule has 10 nitrogen and oxygen atoms in total. The van der Waals surface area contributed by atoms with E-state index < -0.39 is 28.9 Å². The number of pyridine rings is 1. The van der Waals surface area contributed by atoms with E-state index in [0.717, 1.165) is 30.1 Å². The molecule has 4 heterocycles.